The van der Waals surface area contributed by atoms with Crippen LogP contribution in [0.15, 0.2) is 0 Å². The first-order valence-corrected chi connectivity index (χ1v) is 5.31. The van der Waals surface area contributed by atoms with E-state index in [1.165, 1.54) is 0 Å². The molecular formula is C7H17Cl3N2. The summed E-state index contributed by atoms with van der Waals surface area (Å²) in [6.45, 7) is 4.62. The molecule has 0 aromatic carbocycles. The van der Waals surface area contributed by atoms with E-state index in [9.17, 15) is 0 Å². The quantitative estimate of drug-likeness (QED) is 0.580. The third kappa shape index (κ3) is 17.0. The Bertz CT molecular complexity index is 65.7. The molecule has 0 aliphatic carbocycles. The minimum absolute atomic E-state index is 0.688. The Morgan fingerprint density at radius 1 is 1.17 bits per heavy atom. The molecule has 0 unspecified atom stereocenters. The van der Waals surface area contributed by atoms with Gasteiger partial charge < -0.3 is 4.90 Å². The molecule has 0 amide bonds. The molecular weight excluding hydrogens is 218 g/mol. The lowest BCUT2D eigenvalue weighted by Gasteiger charge is -2.11. The van der Waals surface area contributed by atoms with Crippen LogP contribution in [0.1, 0.15) is 6.92 Å². The van der Waals surface area contributed by atoms with Crippen molar-refractivity contribution in [1.29, 1.82) is 0 Å². The van der Waals surface area contributed by atoms with Crippen molar-refractivity contribution in [3.63, 3.8) is 0 Å². The van der Waals surface area contributed by atoms with Crippen LogP contribution in [0.25, 0.3) is 0 Å². The van der Waals surface area contributed by atoms with Gasteiger partial charge in [-0.15, -0.1) is 23.2 Å². The van der Waals surface area contributed by atoms with Crippen molar-refractivity contribution in [2.75, 3.05) is 38.4 Å². The second-order valence-electron chi connectivity index (χ2n) is 2.17. The molecule has 0 aromatic rings. The fraction of sp³-hybridized carbons (Fsp3) is 1.00. The first kappa shape index (κ1) is 15.3. The molecule has 0 bridgehead atoms. The molecule has 0 aromatic heterocycles. The maximum absolute atomic E-state index is 5.45. The Morgan fingerprint density at radius 3 is 1.67 bits per heavy atom. The SMILES string of the molecule is CCNCl.CN(CCCl)CCCl. The van der Waals surface area contributed by atoms with Crippen molar-refractivity contribution >= 4 is 35.0 Å². The largest absolute Gasteiger partial charge is 0.304 e. The number of rotatable bonds is 5. The van der Waals surface area contributed by atoms with Crippen molar-refractivity contribution in [2.45, 2.75) is 6.92 Å². The molecule has 0 aliphatic heterocycles. The number of nitrogens with one attached hydrogen (secondary N) is 1. The van der Waals surface area contributed by atoms with Crippen LogP contribution >= 0.6 is 35.0 Å². The van der Waals surface area contributed by atoms with Gasteiger partial charge in [0.1, 0.15) is 0 Å². The van der Waals surface area contributed by atoms with Gasteiger partial charge in [-0.05, 0) is 18.8 Å². The van der Waals surface area contributed by atoms with Crippen LogP contribution in [-0.4, -0.2) is 43.3 Å². The Kier molecular flexibility index (Phi) is 18.2. The minimum atomic E-state index is 0.688. The second-order valence-corrected chi connectivity index (χ2v) is 3.19. The van der Waals surface area contributed by atoms with E-state index in [0.29, 0.717) is 11.8 Å². The van der Waals surface area contributed by atoms with Crippen LogP contribution in [0.3, 0.4) is 0 Å². The molecule has 0 aliphatic rings. The van der Waals surface area contributed by atoms with Crippen LogP contribution < -0.4 is 4.84 Å². The molecule has 0 spiro atoms. The van der Waals surface area contributed by atoms with Crippen molar-refractivity contribution in [2.24, 2.45) is 0 Å². The average Bonchev–Trinajstić information content (AvgIpc) is 2.06. The molecule has 0 rings (SSSR count). The number of alkyl halides is 2. The summed E-state index contributed by atoms with van der Waals surface area (Å²) in [5, 5.41) is 0. The highest BCUT2D eigenvalue weighted by Gasteiger charge is 1.92. The fourth-order valence-corrected chi connectivity index (χ4v) is 0.977. The van der Waals surface area contributed by atoms with Gasteiger partial charge in [0.2, 0.25) is 0 Å². The summed E-state index contributed by atoms with van der Waals surface area (Å²) < 4.78 is 0. The first-order chi connectivity index (χ1) is 5.72. The lowest BCUT2D eigenvalue weighted by Crippen LogP contribution is -2.22. The molecule has 1 N–H and O–H groups in total. The molecule has 0 saturated carbocycles. The predicted octanol–water partition coefficient (Wildman–Crippen LogP) is 2.15. The maximum Gasteiger partial charge on any atom is 0.0351 e. The maximum atomic E-state index is 5.45. The van der Waals surface area contributed by atoms with Gasteiger partial charge in [0.05, 0.1) is 0 Å². The summed E-state index contributed by atoms with van der Waals surface area (Å²) in [7, 11) is 2.00. The zero-order valence-electron chi connectivity index (χ0n) is 7.62. The topological polar surface area (TPSA) is 15.3 Å². The highest BCUT2D eigenvalue weighted by atomic mass is 35.5. The van der Waals surface area contributed by atoms with Crippen LogP contribution in [0, 0.1) is 0 Å². The zero-order valence-corrected chi connectivity index (χ0v) is 9.88. The molecule has 0 fully saturated rings. The normalized spacial score (nSPS) is 9.50. The summed E-state index contributed by atoms with van der Waals surface area (Å²) in [5.74, 6) is 1.38. The predicted molar refractivity (Wildman–Crippen MR) is 58.5 cm³/mol. The molecule has 0 atom stereocenters. The Labute approximate surface area is 90.3 Å². The Hall–Kier alpha value is 0.790. The van der Waals surface area contributed by atoms with Crippen molar-refractivity contribution in [3.05, 3.63) is 0 Å². The van der Waals surface area contributed by atoms with E-state index in [0.717, 1.165) is 19.6 Å². The molecule has 0 radical (unpaired) electrons. The summed E-state index contributed by atoms with van der Waals surface area (Å²) in [5.41, 5.74) is 0. The third-order valence-electron chi connectivity index (χ3n) is 1.07. The van der Waals surface area contributed by atoms with Gasteiger partial charge in [0.25, 0.3) is 0 Å². The Morgan fingerprint density at radius 2 is 1.50 bits per heavy atom. The van der Waals surface area contributed by atoms with Crippen molar-refractivity contribution in [3.8, 4) is 0 Å². The van der Waals surface area contributed by atoms with E-state index in [1.807, 2.05) is 14.0 Å². The van der Waals surface area contributed by atoms with Crippen LogP contribution in [0.2, 0.25) is 0 Å². The highest BCUT2D eigenvalue weighted by molar-refractivity contribution is 6.18. The van der Waals surface area contributed by atoms with E-state index >= 15 is 0 Å². The first-order valence-electron chi connectivity index (χ1n) is 3.86. The Balaban J connectivity index is 0. The van der Waals surface area contributed by atoms with Gasteiger partial charge in [0, 0.05) is 31.4 Å². The summed E-state index contributed by atoms with van der Waals surface area (Å²) >= 11 is 15.8. The van der Waals surface area contributed by atoms with E-state index < -0.39 is 0 Å². The van der Waals surface area contributed by atoms with Crippen molar-refractivity contribution < 1.29 is 0 Å². The van der Waals surface area contributed by atoms with Crippen LogP contribution in [0.4, 0.5) is 0 Å². The standard InChI is InChI=1S/C5H11Cl2N.C2H6ClN/c1-8(4-2-6)5-3-7;1-2-4-3/h2-5H2,1H3;4H,2H2,1H3. The average molecular weight is 236 g/mol. The molecule has 12 heavy (non-hydrogen) atoms. The van der Waals surface area contributed by atoms with Crippen molar-refractivity contribution in [1.82, 2.24) is 9.74 Å². The van der Waals surface area contributed by atoms with Gasteiger partial charge in [-0.2, -0.15) is 0 Å². The monoisotopic (exact) mass is 234 g/mol. The van der Waals surface area contributed by atoms with Gasteiger partial charge in [-0.3, -0.25) is 0 Å². The van der Waals surface area contributed by atoms with Gasteiger partial charge >= 0.3 is 0 Å². The third-order valence-corrected chi connectivity index (χ3v) is 1.67. The van der Waals surface area contributed by atoms with Gasteiger partial charge in [-0.1, -0.05) is 6.92 Å². The summed E-state index contributed by atoms with van der Waals surface area (Å²) in [4.78, 5) is 4.50. The molecule has 76 valence electrons. The molecule has 5 heteroatoms. The molecule has 0 saturated heterocycles. The van der Waals surface area contributed by atoms with E-state index in [4.69, 9.17) is 35.0 Å². The highest BCUT2D eigenvalue weighted by Crippen LogP contribution is 1.85. The summed E-state index contributed by atoms with van der Waals surface area (Å²) in [6, 6.07) is 0. The number of halogens is 3. The lowest BCUT2D eigenvalue weighted by atomic mass is 10.6. The molecule has 0 heterocycles. The van der Waals surface area contributed by atoms with E-state index in [-0.39, 0.29) is 0 Å². The van der Waals surface area contributed by atoms with Gasteiger partial charge in [-0.25, -0.2) is 4.84 Å². The lowest BCUT2D eigenvalue weighted by molar-refractivity contribution is 0.378. The second kappa shape index (κ2) is 14.3. The van der Waals surface area contributed by atoms with Gasteiger partial charge in [0.15, 0.2) is 0 Å². The zero-order chi connectivity index (χ0) is 9.82. The number of hydrogen-bond acceptors (Lipinski definition) is 2. The number of nitrogens with zero attached hydrogens (tertiary/aromatic N) is 1. The minimum Gasteiger partial charge on any atom is -0.304 e. The van der Waals surface area contributed by atoms with Crippen LogP contribution in [0.5, 0.6) is 0 Å². The fourth-order valence-electron chi connectivity index (χ4n) is 0.400. The molecule has 2 nitrogen and oxygen atoms in total. The van der Waals surface area contributed by atoms with Crippen LogP contribution in [-0.2, 0) is 0 Å². The van der Waals surface area contributed by atoms with E-state index in [2.05, 4.69) is 9.74 Å². The summed E-state index contributed by atoms with van der Waals surface area (Å²) in [6.07, 6.45) is 0. The smallest absolute Gasteiger partial charge is 0.0351 e. The number of hydrogen-bond donors (Lipinski definition) is 1. The van der Waals surface area contributed by atoms with E-state index in [1.54, 1.807) is 0 Å².